The molecule has 0 bridgehead atoms. The van der Waals surface area contributed by atoms with Gasteiger partial charge in [0.15, 0.2) is 0 Å². The Morgan fingerprint density at radius 2 is 1.45 bits per heavy atom. The van der Waals surface area contributed by atoms with Crippen molar-refractivity contribution in [3.05, 3.63) is 60.2 Å². The highest BCUT2D eigenvalue weighted by atomic mass is 31.2. The lowest BCUT2D eigenvalue weighted by atomic mass is 10.2. The van der Waals surface area contributed by atoms with Gasteiger partial charge >= 0.3 is 19.9 Å². The zero-order chi connectivity index (χ0) is 21.7. The normalized spacial score (nSPS) is 14.7. The molecule has 2 atom stereocenters. The maximum atomic E-state index is 13.2. The average Bonchev–Trinajstić information content (AvgIpc) is 2.61. The van der Waals surface area contributed by atoms with Crippen LogP contribution >= 0.6 is 7.75 Å². The molecule has 0 aromatic heterocycles. The molecule has 29 heavy (non-hydrogen) atoms. The number of carbonyl (C=O) groups excluding carboxylic acids is 1. The number of nitrogens with one attached hydrogen (secondary N) is 1. The standard InChI is InChI=1S/C19H21F3NO5P/c1-13(2)26-18(24)14(3)23-29(25,27-16-7-5-4-6-8-16)28-17-11-9-15(10-12-17)19(20,21)22/h4-14H,1-3H3,(H,23,25)/t14-,29?/m0/s1. The fourth-order valence-electron chi connectivity index (χ4n) is 2.16. The topological polar surface area (TPSA) is 73.9 Å². The second-order valence-electron chi connectivity index (χ2n) is 6.35. The van der Waals surface area contributed by atoms with E-state index in [4.69, 9.17) is 13.8 Å². The molecular formula is C19H21F3NO5P. The van der Waals surface area contributed by atoms with E-state index >= 15 is 0 Å². The summed E-state index contributed by atoms with van der Waals surface area (Å²) >= 11 is 0. The molecule has 6 nitrogen and oxygen atoms in total. The van der Waals surface area contributed by atoms with E-state index in [2.05, 4.69) is 5.09 Å². The van der Waals surface area contributed by atoms with E-state index in [-0.39, 0.29) is 11.5 Å². The number of hydrogen-bond donors (Lipinski definition) is 1. The minimum Gasteiger partial charge on any atom is -0.462 e. The summed E-state index contributed by atoms with van der Waals surface area (Å²) in [6.07, 6.45) is -4.91. The summed E-state index contributed by atoms with van der Waals surface area (Å²) < 4.78 is 67.2. The first-order valence-corrected chi connectivity index (χ1v) is 10.2. The van der Waals surface area contributed by atoms with Crippen LogP contribution in [0.2, 0.25) is 0 Å². The molecule has 1 N–H and O–H groups in total. The van der Waals surface area contributed by atoms with E-state index < -0.39 is 37.6 Å². The van der Waals surface area contributed by atoms with Gasteiger partial charge in [0.05, 0.1) is 11.7 Å². The Hall–Kier alpha value is -2.51. The third kappa shape index (κ3) is 7.11. The molecule has 10 heteroatoms. The van der Waals surface area contributed by atoms with E-state index in [1.807, 2.05) is 0 Å². The maximum absolute atomic E-state index is 13.2. The summed E-state index contributed by atoms with van der Waals surface area (Å²) in [5.41, 5.74) is -0.884. The Bertz CT molecular complexity index is 856. The zero-order valence-electron chi connectivity index (χ0n) is 16.0. The van der Waals surface area contributed by atoms with Crippen LogP contribution in [-0.2, 0) is 20.3 Å². The van der Waals surface area contributed by atoms with Gasteiger partial charge in [0.25, 0.3) is 0 Å². The van der Waals surface area contributed by atoms with Crippen LogP contribution in [0.3, 0.4) is 0 Å². The Morgan fingerprint density at radius 1 is 0.931 bits per heavy atom. The van der Waals surface area contributed by atoms with Gasteiger partial charge in [0.2, 0.25) is 0 Å². The predicted molar refractivity (Wildman–Crippen MR) is 101 cm³/mol. The van der Waals surface area contributed by atoms with Gasteiger partial charge in [-0.3, -0.25) is 4.79 Å². The lowest BCUT2D eigenvalue weighted by Crippen LogP contribution is -2.36. The van der Waals surface area contributed by atoms with Crippen LogP contribution in [0.1, 0.15) is 26.3 Å². The summed E-state index contributed by atoms with van der Waals surface area (Å²) in [6, 6.07) is 10.6. The largest absolute Gasteiger partial charge is 0.513 e. The van der Waals surface area contributed by atoms with Crippen LogP contribution in [0, 0.1) is 0 Å². The number of alkyl halides is 3. The van der Waals surface area contributed by atoms with Crippen molar-refractivity contribution in [1.29, 1.82) is 0 Å². The first-order valence-electron chi connectivity index (χ1n) is 8.68. The molecule has 1 unspecified atom stereocenters. The number of hydrogen-bond acceptors (Lipinski definition) is 5. The minimum absolute atomic E-state index is 0.130. The lowest BCUT2D eigenvalue weighted by Gasteiger charge is -2.23. The number of rotatable bonds is 8. The number of halogens is 3. The molecule has 0 saturated carbocycles. The summed E-state index contributed by atoms with van der Waals surface area (Å²) in [7, 11) is -4.20. The third-order valence-corrected chi connectivity index (χ3v) is 5.04. The zero-order valence-corrected chi connectivity index (χ0v) is 16.9. The highest BCUT2D eigenvalue weighted by Gasteiger charge is 2.35. The first-order chi connectivity index (χ1) is 13.5. The summed E-state index contributed by atoms with van der Waals surface area (Å²) in [6.45, 7) is 4.72. The lowest BCUT2D eigenvalue weighted by molar-refractivity contribution is -0.149. The van der Waals surface area contributed by atoms with Crippen LogP contribution in [0.4, 0.5) is 13.2 Å². The molecule has 2 aromatic carbocycles. The van der Waals surface area contributed by atoms with Crippen molar-refractivity contribution in [3.63, 3.8) is 0 Å². The Labute approximate surface area is 166 Å². The molecule has 0 heterocycles. The van der Waals surface area contributed by atoms with Gasteiger partial charge in [-0.05, 0) is 57.2 Å². The fourth-order valence-corrected chi connectivity index (χ4v) is 3.68. The van der Waals surface area contributed by atoms with E-state index in [0.717, 1.165) is 24.3 Å². The van der Waals surface area contributed by atoms with Gasteiger partial charge in [0.1, 0.15) is 17.5 Å². The molecular weight excluding hydrogens is 410 g/mol. The van der Waals surface area contributed by atoms with Gasteiger partial charge in [0, 0.05) is 0 Å². The predicted octanol–water partition coefficient (Wildman–Crippen LogP) is 5.20. The van der Waals surface area contributed by atoms with Crippen molar-refractivity contribution >= 4 is 13.7 Å². The van der Waals surface area contributed by atoms with Crippen molar-refractivity contribution in [3.8, 4) is 11.5 Å². The number of ether oxygens (including phenoxy) is 1. The SMILES string of the molecule is CC(C)OC(=O)[C@H](C)NP(=O)(Oc1ccccc1)Oc1ccc(C(F)(F)F)cc1. The Kier molecular flexibility index (Phi) is 7.32. The van der Waals surface area contributed by atoms with Crippen LogP contribution in [0.25, 0.3) is 0 Å². The maximum Gasteiger partial charge on any atom is 0.513 e. The van der Waals surface area contributed by atoms with Gasteiger partial charge in [-0.2, -0.15) is 18.3 Å². The second-order valence-corrected chi connectivity index (χ2v) is 7.97. The molecule has 0 amide bonds. The fraction of sp³-hybridized carbons (Fsp3) is 0.316. The van der Waals surface area contributed by atoms with Crippen molar-refractivity contribution < 1.29 is 36.3 Å². The van der Waals surface area contributed by atoms with Crippen LogP contribution < -0.4 is 14.1 Å². The molecule has 2 aromatic rings. The van der Waals surface area contributed by atoms with E-state index in [1.165, 1.54) is 19.1 Å². The quantitative estimate of drug-likeness (QED) is 0.458. The van der Waals surface area contributed by atoms with Crippen molar-refractivity contribution in [2.24, 2.45) is 0 Å². The number of para-hydroxylation sites is 1. The van der Waals surface area contributed by atoms with E-state index in [1.54, 1.807) is 32.0 Å². The molecule has 2 rings (SSSR count). The molecule has 0 spiro atoms. The Morgan fingerprint density at radius 3 is 1.93 bits per heavy atom. The van der Waals surface area contributed by atoms with Gasteiger partial charge in [-0.25, -0.2) is 4.57 Å². The van der Waals surface area contributed by atoms with Gasteiger partial charge in [-0.1, -0.05) is 18.2 Å². The number of carbonyl (C=O) groups is 1. The highest BCUT2D eigenvalue weighted by molar-refractivity contribution is 7.52. The van der Waals surface area contributed by atoms with Gasteiger partial charge in [-0.15, -0.1) is 0 Å². The monoisotopic (exact) mass is 431 g/mol. The van der Waals surface area contributed by atoms with Gasteiger partial charge < -0.3 is 13.8 Å². The van der Waals surface area contributed by atoms with Crippen LogP contribution in [-0.4, -0.2) is 18.1 Å². The molecule has 158 valence electrons. The van der Waals surface area contributed by atoms with Crippen molar-refractivity contribution in [2.75, 3.05) is 0 Å². The molecule has 0 saturated heterocycles. The summed E-state index contributed by atoms with van der Waals surface area (Å²) in [5.74, 6) is -0.637. The summed E-state index contributed by atoms with van der Waals surface area (Å²) in [4.78, 5) is 12.0. The number of esters is 1. The average molecular weight is 431 g/mol. The third-order valence-electron chi connectivity index (χ3n) is 3.43. The van der Waals surface area contributed by atoms with Crippen LogP contribution in [0.15, 0.2) is 54.6 Å². The molecule has 0 aliphatic carbocycles. The smallest absolute Gasteiger partial charge is 0.462 e. The van der Waals surface area contributed by atoms with Crippen LogP contribution in [0.5, 0.6) is 11.5 Å². The minimum atomic E-state index is -4.52. The Balaban J connectivity index is 2.24. The summed E-state index contributed by atoms with van der Waals surface area (Å²) in [5, 5.41) is 2.45. The van der Waals surface area contributed by atoms with Crippen molar-refractivity contribution in [2.45, 2.75) is 39.1 Å². The molecule has 0 radical (unpaired) electrons. The highest BCUT2D eigenvalue weighted by Crippen LogP contribution is 2.45. The molecule has 0 aliphatic heterocycles. The second kappa shape index (κ2) is 9.33. The first kappa shape index (κ1) is 22.8. The van der Waals surface area contributed by atoms with E-state index in [9.17, 15) is 22.5 Å². The molecule has 0 fully saturated rings. The molecule has 0 aliphatic rings. The number of benzene rings is 2. The van der Waals surface area contributed by atoms with E-state index in [0.29, 0.717) is 0 Å². The van der Waals surface area contributed by atoms with Crippen molar-refractivity contribution in [1.82, 2.24) is 5.09 Å².